The number of unbranched alkanes of at least 4 members (excludes halogenated alkanes) is 2. The SMILES string of the molecule is CC1(C)C(=CC=CC2=[N+](CCCCS(=O)(=O)[O-])c3ccc(Cl)cc3C2(C)C)N(CCCCS(=O)(=O)[O-])c2ccc(Cl)cc21. The van der Waals surface area contributed by atoms with Crippen LogP contribution in [0.4, 0.5) is 11.4 Å². The highest BCUT2D eigenvalue weighted by Crippen LogP contribution is 2.49. The third-order valence-corrected chi connectivity index (χ3v) is 10.3. The molecule has 2 heterocycles. The minimum atomic E-state index is -4.28. The highest BCUT2D eigenvalue weighted by Gasteiger charge is 2.44. The van der Waals surface area contributed by atoms with Crippen molar-refractivity contribution in [3.8, 4) is 0 Å². The molecular weight excluding hydrogens is 631 g/mol. The van der Waals surface area contributed by atoms with Gasteiger partial charge in [-0.25, -0.2) is 16.8 Å². The molecule has 0 aliphatic carbocycles. The number of rotatable bonds is 12. The Hall–Kier alpha value is -2.21. The van der Waals surface area contributed by atoms with Gasteiger partial charge >= 0.3 is 0 Å². The van der Waals surface area contributed by atoms with Gasteiger partial charge in [0.15, 0.2) is 5.71 Å². The lowest BCUT2D eigenvalue weighted by Crippen LogP contribution is -2.28. The van der Waals surface area contributed by atoms with Crippen molar-refractivity contribution in [2.24, 2.45) is 0 Å². The largest absolute Gasteiger partial charge is 0.748 e. The topological polar surface area (TPSA) is 121 Å². The number of hydrogen-bond acceptors (Lipinski definition) is 7. The summed E-state index contributed by atoms with van der Waals surface area (Å²) in [6, 6.07) is 11.5. The van der Waals surface area contributed by atoms with Gasteiger partial charge in [-0.15, -0.1) is 0 Å². The molecule has 2 aliphatic heterocycles. The molecule has 0 saturated carbocycles. The van der Waals surface area contributed by atoms with E-state index in [1.807, 2.05) is 42.5 Å². The first-order valence-corrected chi connectivity index (χ1v) is 18.1. The molecule has 0 radical (unpaired) electrons. The van der Waals surface area contributed by atoms with Crippen LogP contribution in [0.2, 0.25) is 10.0 Å². The summed E-state index contributed by atoms with van der Waals surface area (Å²) in [4.78, 5) is 2.16. The molecule has 0 bridgehead atoms. The Bertz CT molecular complexity index is 1710. The van der Waals surface area contributed by atoms with Crippen molar-refractivity contribution in [1.82, 2.24) is 0 Å². The Balaban J connectivity index is 1.69. The maximum absolute atomic E-state index is 11.1. The van der Waals surface area contributed by atoms with Crippen LogP contribution < -0.4 is 4.90 Å². The van der Waals surface area contributed by atoms with Crippen LogP contribution in [0.3, 0.4) is 0 Å². The fourth-order valence-corrected chi connectivity index (χ4v) is 7.56. The summed E-state index contributed by atoms with van der Waals surface area (Å²) in [6.45, 7) is 9.53. The van der Waals surface area contributed by atoms with Gasteiger partial charge in [0, 0.05) is 69.0 Å². The van der Waals surface area contributed by atoms with E-state index in [0.29, 0.717) is 36.0 Å². The Morgan fingerprint density at radius 3 is 2.02 bits per heavy atom. The van der Waals surface area contributed by atoms with Crippen molar-refractivity contribution >= 4 is 60.5 Å². The Morgan fingerprint density at radius 2 is 1.40 bits per heavy atom. The van der Waals surface area contributed by atoms with E-state index in [-0.39, 0.29) is 12.8 Å². The van der Waals surface area contributed by atoms with Crippen molar-refractivity contribution in [1.29, 1.82) is 0 Å². The lowest BCUT2D eigenvalue weighted by atomic mass is 9.81. The fourth-order valence-electron chi connectivity index (χ4n) is 6.11. The summed E-state index contributed by atoms with van der Waals surface area (Å²) in [5.41, 5.74) is 5.32. The van der Waals surface area contributed by atoms with Gasteiger partial charge in [0.2, 0.25) is 5.69 Å². The number of anilines is 1. The Morgan fingerprint density at radius 1 is 0.814 bits per heavy atom. The maximum Gasteiger partial charge on any atom is 0.209 e. The molecule has 12 heteroatoms. The second-order valence-corrected chi connectivity index (χ2v) is 16.0. The molecule has 0 fully saturated rings. The van der Waals surface area contributed by atoms with Gasteiger partial charge in [-0.1, -0.05) is 43.1 Å². The minimum Gasteiger partial charge on any atom is -0.748 e. The van der Waals surface area contributed by atoms with Gasteiger partial charge in [0.1, 0.15) is 6.54 Å². The van der Waals surface area contributed by atoms with Crippen molar-refractivity contribution in [2.75, 3.05) is 29.5 Å². The zero-order chi connectivity index (χ0) is 31.8. The average molecular weight is 669 g/mol. The normalized spacial score (nSPS) is 18.6. The van der Waals surface area contributed by atoms with Crippen LogP contribution in [0.15, 0.2) is 60.3 Å². The third kappa shape index (κ3) is 7.72. The average Bonchev–Trinajstić information content (AvgIpc) is 3.22. The molecule has 0 amide bonds. The van der Waals surface area contributed by atoms with E-state index in [1.54, 1.807) is 0 Å². The molecule has 2 aromatic rings. The number of allylic oxidation sites excluding steroid dienone is 4. The molecule has 0 N–H and O–H groups in total. The predicted molar refractivity (Wildman–Crippen MR) is 171 cm³/mol. The molecule has 4 rings (SSSR count). The molecule has 2 aliphatic rings. The number of nitrogens with zero attached hydrogens (tertiary/aromatic N) is 2. The van der Waals surface area contributed by atoms with Crippen LogP contribution in [0.5, 0.6) is 0 Å². The highest BCUT2D eigenvalue weighted by atomic mass is 35.5. The van der Waals surface area contributed by atoms with Crippen LogP contribution in [0, 0.1) is 0 Å². The molecule has 0 saturated heterocycles. The Kier molecular flexibility index (Phi) is 9.91. The van der Waals surface area contributed by atoms with Gasteiger partial charge in [0.25, 0.3) is 0 Å². The first-order chi connectivity index (χ1) is 19.9. The van der Waals surface area contributed by atoms with E-state index in [0.717, 1.165) is 33.9 Å². The first-order valence-electron chi connectivity index (χ1n) is 14.2. The second-order valence-electron chi connectivity index (χ2n) is 12.1. The minimum absolute atomic E-state index is 0.268. The van der Waals surface area contributed by atoms with Gasteiger partial charge in [-0.3, -0.25) is 0 Å². The molecule has 0 aromatic heterocycles. The quantitative estimate of drug-likeness (QED) is 0.149. The van der Waals surface area contributed by atoms with Crippen molar-refractivity contribution < 1.29 is 30.5 Å². The van der Waals surface area contributed by atoms with Crippen molar-refractivity contribution in [2.45, 2.75) is 64.2 Å². The smallest absolute Gasteiger partial charge is 0.209 e. The molecule has 0 spiro atoms. The third-order valence-electron chi connectivity index (χ3n) is 8.27. The summed E-state index contributed by atoms with van der Waals surface area (Å²) >= 11 is 12.7. The monoisotopic (exact) mass is 667 g/mol. The van der Waals surface area contributed by atoms with Crippen LogP contribution >= 0.6 is 23.2 Å². The molecule has 2 aromatic carbocycles. The summed E-state index contributed by atoms with van der Waals surface area (Å²) < 4.78 is 69.0. The summed E-state index contributed by atoms with van der Waals surface area (Å²) in [5, 5.41) is 1.25. The molecule has 0 atom stereocenters. The van der Waals surface area contributed by atoms with Gasteiger partial charge < -0.3 is 14.0 Å². The second kappa shape index (κ2) is 12.7. The maximum atomic E-state index is 11.1. The van der Waals surface area contributed by atoms with Crippen LogP contribution in [-0.4, -0.2) is 60.8 Å². The lowest BCUT2D eigenvalue weighted by molar-refractivity contribution is -0.438. The molecule has 234 valence electrons. The Labute approximate surface area is 265 Å². The van der Waals surface area contributed by atoms with Crippen LogP contribution in [0.25, 0.3) is 0 Å². The summed E-state index contributed by atoms with van der Waals surface area (Å²) in [5.74, 6) is -0.795. The van der Waals surface area contributed by atoms with Gasteiger partial charge in [-0.05, 0) is 75.1 Å². The standard InChI is InChI=1S/C31H38Cl2N2O6S2/c1-30(2)24-20-22(32)12-14-26(24)34(16-5-7-18-42(36,37)38)28(30)10-9-11-29-31(3,4)25-21-23(33)13-15-27(25)35(29)17-6-8-19-43(39,40)41/h9-15,20-21H,5-8,16-19H2,1-4H3,(H-,36,37,38,39,40,41)/p-1. The van der Waals surface area contributed by atoms with E-state index in [1.165, 1.54) is 0 Å². The summed E-state index contributed by atoms with van der Waals surface area (Å²) in [7, 11) is -8.55. The van der Waals surface area contributed by atoms with Gasteiger partial charge in [-0.2, -0.15) is 4.58 Å². The first kappa shape index (κ1) is 33.7. The molecule has 43 heavy (non-hydrogen) atoms. The fraction of sp³-hybridized carbons (Fsp3) is 0.452. The van der Waals surface area contributed by atoms with E-state index in [2.05, 4.69) is 49.3 Å². The summed E-state index contributed by atoms with van der Waals surface area (Å²) in [6.07, 6.45) is 7.69. The van der Waals surface area contributed by atoms with E-state index in [9.17, 15) is 25.9 Å². The van der Waals surface area contributed by atoms with E-state index < -0.39 is 42.6 Å². The molecule has 0 unspecified atom stereocenters. The molecular formula is C31H37Cl2N2O6S2-. The number of hydrogen-bond donors (Lipinski definition) is 0. The number of halogens is 2. The van der Waals surface area contributed by atoms with Crippen LogP contribution in [0.1, 0.15) is 64.5 Å². The van der Waals surface area contributed by atoms with Crippen LogP contribution in [-0.2, 0) is 31.1 Å². The van der Waals surface area contributed by atoms with Crippen molar-refractivity contribution in [3.63, 3.8) is 0 Å². The van der Waals surface area contributed by atoms with E-state index >= 15 is 0 Å². The highest BCUT2D eigenvalue weighted by molar-refractivity contribution is 7.85. The zero-order valence-corrected chi connectivity index (χ0v) is 27.9. The number of fused-ring (bicyclic) bond motifs is 2. The van der Waals surface area contributed by atoms with E-state index in [4.69, 9.17) is 23.2 Å². The number of benzene rings is 2. The lowest BCUT2D eigenvalue weighted by Gasteiger charge is -2.27. The van der Waals surface area contributed by atoms with Gasteiger partial charge in [0.05, 0.1) is 25.7 Å². The zero-order valence-electron chi connectivity index (χ0n) is 24.8. The van der Waals surface area contributed by atoms with Crippen molar-refractivity contribution in [3.05, 3.63) is 81.5 Å². The molecule has 8 nitrogen and oxygen atoms in total. The predicted octanol–water partition coefficient (Wildman–Crippen LogP) is 6.26.